The highest BCUT2D eigenvalue weighted by molar-refractivity contribution is 5.91. The Bertz CT molecular complexity index is 1290. The van der Waals surface area contributed by atoms with Crippen LogP contribution in [-0.4, -0.2) is 24.2 Å². The highest BCUT2D eigenvalue weighted by atomic mass is 16.5. The van der Waals surface area contributed by atoms with Crippen LogP contribution in [0.5, 0.6) is 11.5 Å². The van der Waals surface area contributed by atoms with E-state index in [0.29, 0.717) is 17.9 Å². The van der Waals surface area contributed by atoms with Gasteiger partial charge in [0.1, 0.15) is 0 Å². The topological polar surface area (TPSA) is 64.2 Å². The molecule has 1 N–H and O–H groups in total. The molecule has 0 amide bonds. The molecule has 0 aliphatic rings. The summed E-state index contributed by atoms with van der Waals surface area (Å²) in [5, 5.41) is 2.98. The normalized spacial score (nSPS) is 10.8. The summed E-state index contributed by atoms with van der Waals surface area (Å²) < 4.78 is 11.0. The Balaban J connectivity index is 0.00000272. The molecule has 0 saturated heterocycles. The van der Waals surface area contributed by atoms with E-state index in [9.17, 15) is 4.79 Å². The van der Waals surface area contributed by atoms with Crippen LogP contribution in [0.3, 0.4) is 0 Å². The van der Waals surface area contributed by atoms with Gasteiger partial charge in [-0.05, 0) is 54.6 Å². The quantitative estimate of drug-likeness (QED) is 0.444. The van der Waals surface area contributed by atoms with Gasteiger partial charge in [0.15, 0.2) is 11.5 Å². The summed E-state index contributed by atoms with van der Waals surface area (Å²) in [7, 11) is 3.24. The number of benzene rings is 2. The molecular weight excluding hydrogens is 388 g/mol. The smallest absolute Gasteiger partial charge is 0.252 e. The van der Waals surface area contributed by atoms with Crippen molar-refractivity contribution in [3.63, 3.8) is 0 Å². The maximum Gasteiger partial charge on any atom is 0.252 e. The average molecular weight is 419 g/mol. The van der Waals surface area contributed by atoms with E-state index in [4.69, 9.17) is 9.47 Å². The van der Waals surface area contributed by atoms with Crippen LogP contribution in [0.2, 0.25) is 0 Å². The summed E-state index contributed by atoms with van der Waals surface area (Å²) in [6.07, 6.45) is 2.26. The molecule has 162 valence electrons. The minimum absolute atomic E-state index is 0. The van der Waals surface area contributed by atoms with E-state index in [-0.39, 0.29) is 13.0 Å². The number of aromatic amines is 1. The van der Waals surface area contributed by atoms with Crippen molar-refractivity contribution in [2.75, 3.05) is 14.2 Å². The predicted octanol–water partition coefficient (Wildman–Crippen LogP) is 5.58. The average Bonchev–Trinajstić information content (AvgIpc) is 2.75. The molecule has 0 saturated carbocycles. The number of hydrogen-bond donors (Lipinski definition) is 1. The lowest BCUT2D eigenvalue weighted by molar-refractivity contribution is 0.356. The Morgan fingerprint density at radius 1 is 0.968 bits per heavy atom. The summed E-state index contributed by atoms with van der Waals surface area (Å²) in [5.74, 6) is 1.28. The second kappa shape index (κ2) is 9.21. The monoisotopic (exact) mass is 418 g/mol. The fraction of sp³-hybridized carbons (Fsp3) is 0.308. The summed E-state index contributed by atoms with van der Waals surface area (Å²) in [6.45, 7) is 4.09. The maximum atomic E-state index is 13.1. The number of nitrogens with one attached hydrogen (secondary N) is 1. The lowest BCUT2D eigenvalue weighted by atomic mass is 9.96. The standard InChI is InChI=1S/C25H26N2O3.CH4/c1-5-6-22-19-14-24(30-4)23(29-3)13-18(19)20(25(28)27-22)12-16-8-10-21-17(11-16)9-7-15(2)26-21;/h7-11,13-14H,5-6,12H2,1-4H3,(H,27,28);1H4. The van der Waals surface area contributed by atoms with Crippen LogP contribution in [0.15, 0.2) is 47.3 Å². The molecule has 5 nitrogen and oxygen atoms in total. The summed E-state index contributed by atoms with van der Waals surface area (Å²) in [6, 6.07) is 14.1. The zero-order valence-electron chi connectivity index (χ0n) is 17.8. The van der Waals surface area contributed by atoms with Gasteiger partial charge in [0.05, 0.1) is 19.7 Å². The molecule has 0 aliphatic heterocycles. The third kappa shape index (κ3) is 4.26. The Hall–Kier alpha value is -3.34. The number of aryl methyl sites for hydroxylation is 2. The third-order valence-electron chi connectivity index (χ3n) is 5.49. The van der Waals surface area contributed by atoms with Crippen molar-refractivity contribution in [1.29, 1.82) is 0 Å². The molecule has 4 rings (SSSR count). The van der Waals surface area contributed by atoms with Gasteiger partial charge in [-0.15, -0.1) is 0 Å². The fourth-order valence-corrected chi connectivity index (χ4v) is 3.99. The number of methoxy groups -OCH3 is 2. The van der Waals surface area contributed by atoms with E-state index in [1.807, 2.05) is 37.3 Å². The molecular formula is C26H30N2O3. The van der Waals surface area contributed by atoms with E-state index in [2.05, 4.69) is 29.0 Å². The number of pyridine rings is 2. The highest BCUT2D eigenvalue weighted by Gasteiger charge is 2.16. The molecule has 0 aliphatic carbocycles. The van der Waals surface area contributed by atoms with Gasteiger partial charge in [0.25, 0.3) is 5.56 Å². The number of H-pyrrole nitrogens is 1. The highest BCUT2D eigenvalue weighted by Crippen LogP contribution is 2.35. The van der Waals surface area contributed by atoms with Crippen LogP contribution < -0.4 is 15.0 Å². The van der Waals surface area contributed by atoms with Gasteiger partial charge in [-0.25, -0.2) is 0 Å². The molecule has 0 unspecified atom stereocenters. The van der Waals surface area contributed by atoms with Crippen LogP contribution in [0.25, 0.3) is 21.7 Å². The van der Waals surface area contributed by atoms with Crippen molar-refractivity contribution < 1.29 is 9.47 Å². The van der Waals surface area contributed by atoms with Crippen molar-refractivity contribution in [2.45, 2.75) is 40.5 Å². The second-order valence-electron chi connectivity index (χ2n) is 7.57. The predicted molar refractivity (Wildman–Crippen MR) is 128 cm³/mol. The van der Waals surface area contributed by atoms with Crippen molar-refractivity contribution in [3.05, 3.63) is 75.3 Å². The van der Waals surface area contributed by atoms with Gasteiger partial charge in [-0.3, -0.25) is 9.78 Å². The van der Waals surface area contributed by atoms with Crippen LogP contribution in [-0.2, 0) is 12.8 Å². The first-order valence-corrected chi connectivity index (χ1v) is 10.2. The molecule has 0 radical (unpaired) electrons. The van der Waals surface area contributed by atoms with Crippen molar-refractivity contribution in [2.24, 2.45) is 0 Å². The van der Waals surface area contributed by atoms with E-state index < -0.39 is 0 Å². The van der Waals surface area contributed by atoms with Gasteiger partial charge < -0.3 is 14.5 Å². The zero-order chi connectivity index (χ0) is 21.3. The molecule has 5 heteroatoms. The summed E-state index contributed by atoms with van der Waals surface area (Å²) >= 11 is 0. The first-order valence-electron chi connectivity index (χ1n) is 10.2. The lowest BCUT2D eigenvalue weighted by Crippen LogP contribution is -2.16. The number of aromatic nitrogens is 2. The molecule has 2 aromatic heterocycles. The van der Waals surface area contributed by atoms with Gasteiger partial charge in [0.2, 0.25) is 0 Å². The Labute approximate surface area is 183 Å². The Morgan fingerprint density at radius 3 is 2.35 bits per heavy atom. The molecule has 31 heavy (non-hydrogen) atoms. The Morgan fingerprint density at radius 2 is 1.68 bits per heavy atom. The second-order valence-corrected chi connectivity index (χ2v) is 7.57. The van der Waals surface area contributed by atoms with Gasteiger partial charge >= 0.3 is 0 Å². The SMILES string of the molecule is C.CCCc1[nH]c(=O)c(Cc2ccc3nc(C)ccc3c2)c2cc(OC)c(OC)cc12. The Kier molecular flexibility index (Phi) is 6.64. The summed E-state index contributed by atoms with van der Waals surface area (Å²) in [5.41, 5.74) is 4.62. The first kappa shape index (κ1) is 22.3. The summed E-state index contributed by atoms with van der Waals surface area (Å²) in [4.78, 5) is 20.7. The van der Waals surface area contributed by atoms with Crippen molar-refractivity contribution >= 4 is 21.7 Å². The van der Waals surface area contributed by atoms with Crippen LogP contribution in [0.1, 0.15) is 43.3 Å². The maximum absolute atomic E-state index is 13.1. The van der Waals surface area contributed by atoms with Gasteiger partial charge in [0, 0.05) is 34.1 Å². The molecule has 0 fully saturated rings. The zero-order valence-corrected chi connectivity index (χ0v) is 17.8. The molecule has 0 spiro atoms. The number of nitrogens with zero attached hydrogens (tertiary/aromatic N) is 1. The number of hydrogen-bond acceptors (Lipinski definition) is 4. The number of rotatable bonds is 6. The molecule has 4 aromatic rings. The number of ether oxygens (including phenoxy) is 2. The molecule has 2 heterocycles. The van der Waals surface area contributed by atoms with E-state index >= 15 is 0 Å². The van der Waals surface area contributed by atoms with E-state index in [1.54, 1.807) is 14.2 Å². The lowest BCUT2D eigenvalue weighted by Gasteiger charge is -2.15. The van der Waals surface area contributed by atoms with Crippen LogP contribution >= 0.6 is 0 Å². The van der Waals surface area contributed by atoms with Gasteiger partial charge in [-0.1, -0.05) is 32.9 Å². The van der Waals surface area contributed by atoms with Crippen molar-refractivity contribution in [1.82, 2.24) is 9.97 Å². The van der Waals surface area contributed by atoms with E-state index in [1.165, 1.54) is 0 Å². The fourth-order valence-electron chi connectivity index (χ4n) is 3.99. The minimum Gasteiger partial charge on any atom is -0.493 e. The third-order valence-corrected chi connectivity index (χ3v) is 5.49. The van der Waals surface area contributed by atoms with E-state index in [0.717, 1.165) is 57.0 Å². The molecule has 0 atom stereocenters. The largest absolute Gasteiger partial charge is 0.493 e. The molecule has 0 bridgehead atoms. The van der Waals surface area contributed by atoms with Gasteiger partial charge in [-0.2, -0.15) is 0 Å². The number of fused-ring (bicyclic) bond motifs is 2. The molecule has 2 aromatic carbocycles. The van der Waals surface area contributed by atoms with Crippen molar-refractivity contribution in [3.8, 4) is 11.5 Å². The van der Waals surface area contributed by atoms with Crippen LogP contribution in [0.4, 0.5) is 0 Å². The van der Waals surface area contributed by atoms with Crippen LogP contribution in [0, 0.1) is 6.92 Å². The first-order chi connectivity index (χ1) is 14.5. The minimum atomic E-state index is -0.0553.